The molecule has 0 bridgehead atoms. The molecular weight excluding hydrogens is 841 g/mol. The summed E-state index contributed by atoms with van der Waals surface area (Å²) in [5.41, 5.74) is 0. The summed E-state index contributed by atoms with van der Waals surface area (Å²) >= 11 is 0. The van der Waals surface area contributed by atoms with Crippen molar-refractivity contribution >= 4 is 17.9 Å². The average Bonchev–Trinajstić information content (AvgIpc) is 3.34. The molecule has 0 aliphatic rings. The highest BCUT2D eigenvalue weighted by Crippen LogP contribution is 2.11. The SMILES string of the molecule is CC/C=C\C/C=C\C/C=C\C/C=C\C/C=C\C/C=C\CCCCC(=O)OCC(COC(=O)CCCCCCC/C=C\CCC)OC(=O)CC/C=C\C/C=C\C/C=C\C/C=C\C/C=C\C/C=C\CC. The number of hydrogen-bond acceptors (Lipinski definition) is 6. The van der Waals surface area contributed by atoms with Crippen LogP contribution < -0.4 is 0 Å². The van der Waals surface area contributed by atoms with Crippen LogP contribution >= 0.6 is 0 Å². The van der Waals surface area contributed by atoms with Crippen molar-refractivity contribution in [3.8, 4) is 0 Å². The summed E-state index contributed by atoms with van der Waals surface area (Å²) < 4.78 is 16.7. The van der Waals surface area contributed by atoms with Gasteiger partial charge in [-0.2, -0.15) is 0 Å². The molecular formula is C62H94O6. The maximum Gasteiger partial charge on any atom is 0.306 e. The van der Waals surface area contributed by atoms with Crippen LogP contribution in [0.5, 0.6) is 0 Å². The summed E-state index contributed by atoms with van der Waals surface area (Å²) in [7, 11) is 0. The maximum absolute atomic E-state index is 12.8. The number of esters is 3. The Morgan fingerprint density at radius 3 is 1.00 bits per heavy atom. The number of ether oxygens (including phenoxy) is 3. The Balaban J connectivity index is 4.58. The van der Waals surface area contributed by atoms with Crippen molar-refractivity contribution in [2.75, 3.05) is 13.2 Å². The molecule has 68 heavy (non-hydrogen) atoms. The molecule has 0 rings (SSSR count). The lowest BCUT2D eigenvalue weighted by molar-refractivity contribution is -0.166. The van der Waals surface area contributed by atoms with E-state index in [0.29, 0.717) is 19.3 Å². The van der Waals surface area contributed by atoms with E-state index in [1.54, 1.807) is 0 Å². The molecule has 0 aromatic carbocycles. The van der Waals surface area contributed by atoms with Gasteiger partial charge in [-0.3, -0.25) is 14.4 Å². The van der Waals surface area contributed by atoms with Crippen molar-refractivity contribution in [1.29, 1.82) is 0 Å². The zero-order valence-corrected chi connectivity index (χ0v) is 43.0. The number of hydrogen-bond donors (Lipinski definition) is 0. The molecule has 0 fully saturated rings. The predicted molar refractivity (Wildman–Crippen MR) is 292 cm³/mol. The smallest absolute Gasteiger partial charge is 0.306 e. The van der Waals surface area contributed by atoms with Crippen molar-refractivity contribution in [3.63, 3.8) is 0 Å². The number of carbonyl (C=O) groups excluding carboxylic acids is 3. The molecule has 378 valence electrons. The highest BCUT2D eigenvalue weighted by molar-refractivity contribution is 5.71. The second-order valence-corrected chi connectivity index (χ2v) is 16.7. The number of allylic oxidation sites excluding steroid dienone is 26. The van der Waals surface area contributed by atoms with E-state index in [2.05, 4.69) is 167 Å². The molecule has 0 amide bonds. The Morgan fingerprint density at radius 1 is 0.309 bits per heavy atom. The monoisotopic (exact) mass is 935 g/mol. The molecule has 1 atom stereocenters. The van der Waals surface area contributed by atoms with Crippen LogP contribution in [0.1, 0.15) is 194 Å². The molecule has 0 aromatic rings. The van der Waals surface area contributed by atoms with Gasteiger partial charge < -0.3 is 14.2 Å². The number of rotatable bonds is 45. The standard InChI is InChI=1S/C62H94O6/c1-4-7-10-13-16-19-22-24-26-28-30-31-33-34-36-38-40-43-46-49-52-55-61(64)67-58-59(57-66-60(63)54-51-48-45-42-21-18-15-12-9-6-3)68-62(65)56-53-50-47-44-41-39-37-35-32-29-27-25-23-20-17-14-11-8-5-2/h7-8,10-12,15-17,19-20,24-27,30-32,34-36,39-41,43,47,50,59H,4-6,9,13-14,18,21-23,28-29,33,37-38,42,44-46,48-49,51-58H2,1-3H3/b10-7-,11-8-,15-12-,19-16-,20-17-,26-24-,27-25-,31-30-,35-32-,36-34-,41-39-,43-40-,50-47-. The molecule has 0 aromatic heterocycles. The van der Waals surface area contributed by atoms with Gasteiger partial charge in [0.05, 0.1) is 0 Å². The Kier molecular flexibility index (Phi) is 50.6. The summed E-state index contributed by atoms with van der Waals surface area (Å²) in [6.07, 6.45) is 79.6. The number of unbranched alkanes of at least 4 members (excludes halogenated alkanes) is 8. The Labute approximate surface area is 416 Å². The first-order valence-corrected chi connectivity index (χ1v) is 26.5. The van der Waals surface area contributed by atoms with E-state index < -0.39 is 12.1 Å². The largest absolute Gasteiger partial charge is 0.462 e. The summed E-state index contributed by atoms with van der Waals surface area (Å²) in [6, 6.07) is 0. The van der Waals surface area contributed by atoms with Crippen LogP contribution in [0.4, 0.5) is 0 Å². The summed E-state index contributed by atoms with van der Waals surface area (Å²) in [6.45, 7) is 6.21. The second kappa shape index (κ2) is 54.6. The van der Waals surface area contributed by atoms with Gasteiger partial charge in [0.15, 0.2) is 6.10 Å². The molecule has 6 heteroatoms. The lowest BCUT2D eigenvalue weighted by atomic mass is 10.1. The zero-order valence-electron chi connectivity index (χ0n) is 43.0. The topological polar surface area (TPSA) is 78.9 Å². The van der Waals surface area contributed by atoms with Crippen LogP contribution in [0, 0.1) is 0 Å². The van der Waals surface area contributed by atoms with E-state index in [-0.39, 0.29) is 38.0 Å². The second-order valence-electron chi connectivity index (χ2n) is 16.7. The first-order chi connectivity index (χ1) is 33.5. The van der Waals surface area contributed by atoms with Crippen molar-refractivity contribution in [1.82, 2.24) is 0 Å². The van der Waals surface area contributed by atoms with Crippen LogP contribution in [0.25, 0.3) is 0 Å². The molecule has 0 spiro atoms. The normalized spacial score (nSPS) is 13.4. The van der Waals surface area contributed by atoms with Crippen molar-refractivity contribution in [2.45, 2.75) is 200 Å². The van der Waals surface area contributed by atoms with Crippen LogP contribution in [-0.4, -0.2) is 37.2 Å². The van der Waals surface area contributed by atoms with Crippen LogP contribution in [-0.2, 0) is 28.6 Å². The van der Waals surface area contributed by atoms with Crippen molar-refractivity contribution in [2.24, 2.45) is 0 Å². The highest BCUT2D eigenvalue weighted by atomic mass is 16.6. The van der Waals surface area contributed by atoms with E-state index >= 15 is 0 Å². The first kappa shape index (κ1) is 63.0. The van der Waals surface area contributed by atoms with E-state index in [1.807, 2.05) is 12.2 Å². The lowest BCUT2D eigenvalue weighted by Crippen LogP contribution is -2.30. The minimum atomic E-state index is -0.847. The van der Waals surface area contributed by atoms with Gasteiger partial charge in [0.2, 0.25) is 0 Å². The van der Waals surface area contributed by atoms with Crippen molar-refractivity contribution in [3.05, 3.63) is 158 Å². The minimum absolute atomic E-state index is 0.134. The predicted octanol–water partition coefficient (Wildman–Crippen LogP) is 17.8. The minimum Gasteiger partial charge on any atom is -0.462 e. The first-order valence-electron chi connectivity index (χ1n) is 26.5. The molecule has 0 radical (unpaired) electrons. The van der Waals surface area contributed by atoms with Crippen molar-refractivity contribution < 1.29 is 28.6 Å². The third-order valence-corrected chi connectivity index (χ3v) is 10.2. The van der Waals surface area contributed by atoms with E-state index in [0.717, 1.165) is 128 Å². The summed E-state index contributed by atoms with van der Waals surface area (Å²) in [4.78, 5) is 37.9. The molecule has 0 saturated carbocycles. The third kappa shape index (κ3) is 52.0. The Hall–Kier alpha value is -4.97. The van der Waals surface area contributed by atoms with Gasteiger partial charge in [-0.05, 0) is 128 Å². The molecule has 6 nitrogen and oxygen atoms in total. The van der Waals surface area contributed by atoms with Gasteiger partial charge in [0.1, 0.15) is 13.2 Å². The van der Waals surface area contributed by atoms with E-state index in [4.69, 9.17) is 14.2 Å². The molecule has 0 aliphatic carbocycles. The van der Waals surface area contributed by atoms with Gasteiger partial charge >= 0.3 is 17.9 Å². The molecule has 1 unspecified atom stereocenters. The van der Waals surface area contributed by atoms with Gasteiger partial charge in [-0.25, -0.2) is 0 Å². The van der Waals surface area contributed by atoms with E-state index in [1.165, 1.54) is 12.8 Å². The average molecular weight is 935 g/mol. The fourth-order valence-corrected chi connectivity index (χ4v) is 6.35. The third-order valence-electron chi connectivity index (χ3n) is 10.2. The van der Waals surface area contributed by atoms with E-state index in [9.17, 15) is 14.4 Å². The fourth-order valence-electron chi connectivity index (χ4n) is 6.35. The van der Waals surface area contributed by atoms with Gasteiger partial charge in [0.25, 0.3) is 0 Å². The molecule has 0 N–H and O–H groups in total. The summed E-state index contributed by atoms with van der Waals surface area (Å²) in [5, 5.41) is 0. The molecule has 0 saturated heterocycles. The Bertz CT molecular complexity index is 1590. The van der Waals surface area contributed by atoms with Gasteiger partial charge in [-0.15, -0.1) is 0 Å². The lowest BCUT2D eigenvalue weighted by Gasteiger charge is -2.18. The summed E-state index contributed by atoms with van der Waals surface area (Å²) in [5.74, 6) is -1.09. The number of carbonyl (C=O) groups is 3. The fraction of sp³-hybridized carbons (Fsp3) is 0.532. The Morgan fingerprint density at radius 2 is 0.603 bits per heavy atom. The van der Waals surface area contributed by atoms with Crippen LogP contribution in [0.2, 0.25) is 0 Å². The van der Waals surface area contributed by atoms with Crippen LogP contribution in [0.15, 0.2) is 158 Å². The zero-order chi connectivity index (χ0) is 49.3. The highest BCUT2D eigenvalue weighted by Gasteiger charge is 2.19. The molecule has 0 aliphatic heterocycles. The quantitative estimate of drug-likeness (QED) is 0.0262. The molecule has 0 heterocycles. The van der Waals surface area contributed by atoms with Crippen LogP contribution in [0.3, 0.4) is 0 Å². The van der Waals surface area contributed by atoms with Gasteiger partial charge in [0, 0.05) is 19.3 Å². The van der Waals surface area contributed by atoms with Gasteiger partial charge in [-0.1, -0.05) is 204 Å². The maximum atomic E-state index is 12.8.